The lowest BCUT2D eigenvalue weighted by Crippen LogP contribution is -2.35. The van der Waals surface area contributed by atoms with Crippen LogP contribution in [0, 0.1) is 11.2 Å². The summed E-state index contributed by atoms with van der Waals surface area (Å²) >= 11 is 0. The van der Waals surface area contributed by atoms with E-state index < -0.39 is 5.60 Å². The summed E-state index contributed by atoms with van der Waals surface area (Å²) in [5.41, 5.74) is 0.259. The third kappa shape index (κ3) is 2.18. The molecular weight excluding hydrogens is 267 g/mol. The molecule has 3 heteroatoms. The van der Waals surface area contributed by atoms with Gasteiger partial charge in [0.15, 0.2) is 0 Å². The molecular formula is C18H21FO2. The topological polar surface area (TPSA) is 33.4 Å². The Balaban J connectivity index is 1.62. The van der Waals surface area contributed by atoms with Gasteiger partial charge in [-0.25, -0.2) is 4.39 Å². The molecule has 0 saturated heterocycles. The van der Waals surface area contributed by atoms with Crippen LogP contribution in [0.1, 0.15) is 57.1 Å². The highest BCUT2D eigenvalue weighted by Crippen LogP contribution is 2.53. The second-order valence-corrected chi connectivity index (χ2v) is 7.03. The average Bonchev–Trinajstić information content (AvgIpc) is 3.10. The first kappa shape index (κ1) is 13.3. The van der Waals surface area contributed by atoms with Gasteiger partial charge in [0.05, 0.1) is 0 Å². The zero-order chi connectivity index (χ0) is 14.5. The summed E-state index contributed by atoms with van der Waals surface area (Å²) in [5, 5.41) is 11.7. The number of aliphatic hydroxyl groups is 1. The number of fused-ring (bicyclic) bond motifs is 1. The maximum atomic E-state index is 13.3. The first-order valence-electron chi connectivity index (χ1n) is 8.01. The van der Waals surface area contributed by atoms with Gasteiger partial charge < -0.3 is 9.52 Å². The lowest BCUT2D eigenvalue weighted by molar-refractivity contribution is -0.0518. The molecule has 0 radical (unpaired) electrons. The van der Waals surface area contributed by atoms with Crippen LogP contribution in [-0.4, -0.2) is 5.11 Å². The second-order valence-electron chi connectivity index (χ2n) is 7.03. The van der Waals surface area contributed by atoms with E-state index in [0.717, 1.165) is 31.1 Å². The zero-order valence-electron chi connectivity index (χ0n) is 12.2. The maximum Gasteiger partial charge on any atom is 0.136 e. The van der Waals surface area contributed by atoms with E-state index >= 15 is 0 Å². The summed E-state index contributed by atoms with van der Waals surface area (Å²) in [7, 11) is 0. The minimum atomic E-state index is -0.872. The Morgan fingerprint density at radius 1 is 0.952 bits per heavy atom. The Hall–Kier alpha value is -1.35. The quantitative estimate of drug-likeness (QED) is 0.810. The summed E-state index contributed by atoms with van der Waals surface area (Å²) < 4.78 is 19.1. The fraction of sp³-hybridized carbons (Fsp3) is 0.556. The molecule has 0 unspecified atom stereocenters. The molecule has 2 aromatic rings. The van der Waals surface area contributed by atoms with Crippen molar-refractivity contribution >= 4 is 11.0 Å². The minimum absolute atomic E-state index is 0.268. The third-order valence-corrected chi connectivity index (χ3v) is 5.74. The summed E-state index contributed by atoms with van der Waals surface area (Å²) in [4.78, 5) is 0. The molecule has 0 atom stereocenters. The first-order chi connectivity index (χ1) is 10.1. The molecule has 2 saturated carbocycles. The van der Waals surface area contributed by atoms with Gasteiger partial charge in [-0.05, 0) is 68.2 Å². The van der Waals surface area contributed by atoms with Crippen molar-refractivity contribution in [1.29, 1.82) is 0 Å². The van der Waals surface area contributed by atoms with E-state index in [1.165, 1.54) is 37.8 Å². The smallest absolute Gasteiger partial charge is 0.136 e. The Bertz CT molecular complexity index is 657. The predicted octanol–water partition coefficient (Wildman–Crippen LogP) is 4.89. The molecule has 4 rings (SSSR count). The Morgan fingerprint density at radius 3 is 2.38 bits per heavy atom. The molecule has 2 aliphatic rings. The van der Waals surface area contributed by atoms with Crippen molar-refractivity contribution in [2.24, 2.45) is 5.41 Å². The van der Waals surface area contributed by atoms with Gasteiger partial charge in [-0.1, -0.05) is 12.8 Å². The van der Waals surface area contributed by atoms with Gasteiger partial charge in [0, 0.05) is 5.39 Å². The molecule has 0 aliphatic heterocycles. The number of benzene rings is 1. The van der Waals surface area contributed by atoms with Crippen LogP contribution in [0.4, 0.5) is 4.39 Å². The van der Waals surface area contributed by atoms with Crippen molar-refractivity contribution in [3.8, 4) is 0 Å². The van der Waals surface area contributed by atoms with Gasteiger partial charge >= 0.3 is 0 Å². The van der Waals surface area contributed by atoms with Gasteiger partial charge in [-0.3, -0.25) is 0 Å². The van der Waals surface area contributed by atoms with Crippen LogP contribution in [0.3, 0.4) is 0 Å². The lowest BCUT2D eigenvalue weighted by atomic mass is 9.67. The van der Waals surface area contributed by atoms with Crippen LogP contribution in [0.2, 0.25) is 0 Å². The van der Waals surface area contributed by atoms with Gasteiger partial charge in [-0.15, -0.1) is 0 Å². The van der Waals surface area contributed by atoms with Crippen LogP contribution in [0.5, 0.6) is 0 Å². The van der Waals surface area contributed by atoms with E-state index in [2.05, 4.69) is 0 Å². The van der Waals surface area contributed by atoms with Gasteiger partial charge in [0.25, 0.3) is 0 Å². The molecule has 0 amide bonds. The monoisotopic (exact) mass is 288 g/mol. The first-order valence-corrected chi connectivity index (χ1v) is 8.01. The average molecular weight is 288 g/mol. The van der Waals surface area contributed by atoms with Gasteiger partial charge in [0.1, 0.15) is 22.8 Å². The van der Waals surface area contributed by atoms with Crippen molar-refractivity contribution in [2.75, 3.05) is 0 Å². The number of rotatable bonds is 1. The summed E-state index contributed by atoms with van der Waals surface area (Å²) in [6, 6.07) is 6.31. The van der Waals surface area contributed by atoms with Crippen LogP contribution in [0.15, 0.2) is 28.7 Å². The number of hydrogen-bond acceptors (Lipinski definition) is 2. The van der Waals surface area contributed by atoms with E-state index in [9.17, 15) is 9.50 Å². The van der Waals surface area contributed by atoms with E-state index in [4.69, 9.17) is 4.42 Å². The van der Waals surface area contributed by atoms with Crippen molar-refractivity contribution in [3.05, 3.63) is 35.8 Å². The molecule has 2 fully saturated rings. The van der Waals surface area contributed by atoms with Crippen molar-refractivity contribution in [1.82, 2.24) is 0 Å². The van der Waals surface area contributed by atoms with E-state index in [-0.39, 0.29) is 5.82 Å². The third-order valence-electron chi connectivity index (χ3n) is 5.74. The highest BCUT2D eigenvalue weighted by molar-refractivity contribution is 5.78. The molecule has 2 aliphatic carbocycles. The van der Waals surface area contributed by atoms with Gasteiger partial charge in [0.2, 0.25) is 0 Å². The molecule has 0 bridgehead atoms. The Kier molecular flexibility index (Phi) is 2.90. The largest absolute Gasteiger partial charge is 0.458 e. The van der Waals surface area contributed by atoms with Crippen molar-refractivity contribution < 1.29 is 13.9 Å². The summed E-state index contributed by atoms with van der Waals surface area (Å²) in [6.07, 6.45) is 8.97. The molecule has 1 N–H and O–H groups in total. The number of halogens is 1. The van der Waals surface area contributed by atoms with Crippen LogP contribution in [0.25, 0.3) is 11.0 Å². The van der Waals surface area contributed by atoms with Crippen molar-refractivity contribution in [3.63, 3.8) is 0 Å². The molecule has 1 aromatic carbocycles. The van der Waals surface area contributed by atoms with Crippen LogP contribution in [-0.2, 0) is 5.60 Å². The standard InChI is InChI=1S/C18H21FO2/c19-14-3-4-15-13(11-14)12-16(21-15)18(20)9-7-17(8-10-18)5-1-2-6-17/h3-4,11-12,20H,1-2,5-10H2. The minimum Gasteiger partial charge on any atom is -0.458 e. The SMILES string of the molecule is OC1(c2cc3cc(F)ccc3o2)CCC2(CCCC2)CC1. The van der Waals surface area contributed by atoms with Crippen LogP contribution < -0.4 is 0 Å². The lowest BCUT2D eigenvalue weighted by Gasteiger charge is -2.41. The van der Waals surface area contributed by atoms with E-state index in [1.807, 2.05) is 6.07 Å². The fourth-order valence-electron chi connectivity index (χ4n) is 4.31. The Morgan fingerprint density at radius 2 is 1.67 bits per heavy atom. The Labute approximate surface area is 124 Å². The molecule has 112 valence electrons. The second kappa shape index (κ2) is 4.57. The van der Waals surface area contributed by atoms with Gasteiger partial charge in [-0.2, -0.15) is 0 Å². The molecule has 1 spiro atoms. The normalized spacial score (nSPS) is 23.9. The molecule has 1 heterocycles. The van der Waals surface area contributed by atoms with Crippen molar-refractivity contribution in [2.45, 2.75) is 57.0 Å². The van der Waals surface area contributed by atoms with Crippen LogP contribution >= 0.6 is 0 Å². The van der Waals surface area contributed by atoms with E-state index in [1.54, 1.807) is 6.07 Å². The molecule has 1 aromatic heterocycles. The number of hydrogen-bond donors (Lipinski definition) is 1. The predicted molar refractivity (Wildman–Crippen MR) is 79.4 cm³/mol. The van der Waals surface area contributed by atoms with E-state index in [0.29, 0.717) is 16.8 Å². The fourth-order valence-corrected chi connectivity index (χ4v) is 4.31. The summed E-state index contributed by atoms with van der Waals surface area (Å²) in [5.74, 6) is 0.339. The zero-order valence-corrected chi connectivity index (χ0v) is 12.2. The maximum absolute atomic E-state index is 13.3. The summed E-state index contributed by atoms with van der Waals surface area (Å²) in [6.45, 7) is 0. The highest BCUT2D eigenvalue weighted by atomic mass is 19.1. The number of furan rings is 1. The highest BCUT2D eigenvalue weighted by Gasteiger charge is 2.45. The molecule has 21 heavy (non-hydrogen) atoms. The molecule has 2 nitrogen and oxygen atoms in total.